The fourth-order valence-electron chi connectivity index (χ4n) is 2.23. The molecule has 0 radical (unpaired) electrons. The monoisotopic (exact) mass is 282 g/mol. The van der Waals surface area contributed by atoms with Gasteiger partial charge in [0, 0.05) is 38.2 Å². The molecule has 2 N–H and O–H groups in total. The molecule has 1 aromatic rings. The second-order valence-corrected chi connectivity index (χ2v) is 4.72. The lowest BCUT2D eigenvalue weighted by Crippen LogP contribution is -2.40. The van der Waals surface area contributed by atoms with Crippen molar-refractivity contribution in [2.24, 2.45) is 0 Å². The van der Waals surface area contributed by atoms with Crippen LogP contribution in [0.15, 0.2) is 24.3 Å². The molecule has 0 saturated carbocycles. The number of piperidine rings is 1. The Morgan fingerprint density at radius 3 is 2.60 bits per heavy atom. The van der Waals surface area contributed by atoms with Gasteiger partial charge in [-0.05, 0) is 24.3 Å². The number of alkyl carbamates (subject to hydrolysis) is 1. The molecule has 1 heterocycles. The van der Waals surface area contributed by atoms with Crippen LogP contribution in [0.3, 0.4) is 0 Å². The summed E-state index contributed by atoms with van der Waals surface area (Å²) in [6.07, 6.45) is 0.887. The lowest BCUT2D eigenvalue weighted by Gasteiger charge is -2.33. The number of nitrogens with one attached hydrogen (secondary N) is 1. The van der Waals surface area contributed by atoms with Crippen LogP contribution in [-0.2, 0) is 4.74 Å². The molecule has 6 heteroatoms. The van der Waals surface area contributed by atoms with Gasteiger partial charge in [0.15, 0.2) is 0 Å². The molecule has 1 amide bonds. The fourth-order valence-corrected chi connectivity index (χ4v) is 2.23. The van der Waals surface area contributed by atoms with E-state index >= 15 is 0 Å². The summed E-state index contributed by atoms with van der Waals surface area (Å²) in [5.41, 5.74) is 0.981. The Balaban J connectivity index is 1.77. The highest BCUT2D eigenvalue weighted by atomic mass is 19.1. The average Bonchev–Trinajstić information content (AvgIpc) is 2.47. The van der Waals surface area contributed by atoms with E-state index in [2.05, 4.69) is 10.2 Å². The number of rotatable bonds is 4. The Bertz CT molecular complexity index is 431. The van der Waals surface area contributed by atoms with Gasteiger partial charge in [0.2, 0.25) is 0 Å². The molecule has 0 atom stereocenters. The maximum atomic E-state index is 12.9. The molecule has 1 fully saturated rings. The Kier molecular flexibility index (Phi) is 5.17. The van der Waals surface area contributed by atoms with E-state index in [1.165, 1.54) is 12.1 Å². The summed E-state index contributed by atoms with van der Waals surface area (Å²) >= 11 is 0. The van der Waals surface area contributed by atoms with Crippen molar-refractivity contribution >= 4 is 11.8 Å². The molecule has 1 aromatic carbocycles. The number of ether oxygens (including phenoxy) is 1. The third-order valence-corrected chi connectivity index (χ3v) is 3.29. The van der Waals surface area contributed by atoms with Crippen molar-refractivity contribution in [3.63, 3.8) is 0 Å². The third-order valence-electron chi connectivity index (χ3n) is 3.29. The van der Waals surface area contributed by atoms with Crippen molar-refractivity contribution in [1.82, 2.24) is 5.32 Å². The van der Waals surface area contributed by atoms with E-state index < -0.39 is 6.09 Å². The number of anilines is 1. The minimum absolute atomic E-state index is 0.0991. The number of aliphatic hydroxyl groups excluding tert-OH is 1. The maximum Gasteiger partial charge on any atom is 0.407 e. The summed E-state index contributed by atoms with van der Waals surface area (Å²) in [6, 6.07) is 6.40. The number of nitrogens with zero attached hydrogens (tertiary/aromatic N) is 1. The fraction of sp³-hybridized carbons (Fsp3) is 0.500. The molecular formula is C14H19FN2O3. The molecule has 110 valence electrons. The zero-order valence-corrected chi connectivity index (χ0v) is 11.2. The van der Waals surface area contributed by atoms with E-state index in [0.717, 1.165) is 31.6 Å². The van der Waals surface area contributed by atoms with Crippen LogP contribution < -0.4 is 10.2 Å². The average molecular weight is 282 g/mol. The summed E-state index contributed by atoms with van der Waals surface area (Å²) in [5, 5.41) is 11.1. The largest absolute Gasteiger partial charge is 0.446 e. The van der Waals surface area contributed by atoms with E-state index in [0.29, 0.717) is 0 Å². The lowest BCUT2D eigenvalue weighted by molar-refractivity contribution is 0.0820. The van der Waals surface area contributed by atoms with E-state index in [1.54, 1.807) is 12.1 Å². The predicted molar refractivity (Wildman–Crippen MR) is 73.2 cm³/mol. The second kappa shape index (κ2) is 7.09. The van der Waals surface area contributed by atoms with Crippen molar-refractivity contribution < 1.29 is 19.0 Å². The number of hydrogen-bond donors (Lipinski definition) is 2. The van der Waals surface area contributed by atoms with Gasteiger partial charge in [-0.1, -0.05) is 0 Å². The first kappa shape index (κ1) is 14.6. The van der Waals surface area contributed by atoms with Crippen molar-refractivity contribution in [3.05, 3.63) is 30.1 Å². The smallest absolute Gasteiger partial charge is 0.407 e. The number of benzene rings is 1. The van der Waals surface area contributed by atoms with Crippen LogP contribution >= 0.6 is 0 Å². The molecular weight excluding hydrogens is 263 g/mol. The van der Waals surface area contributed by atoms with Gasteiger partial charge in [-0.25, -0.2) is 9.18 Å². The van der Waals surface area contributed by atoms with Crippen LogP contribution in [0, 0.1) is 5.82 Å². The van der Waals surface area contributed by atoms with Gasteiger partial charge in [-0.3, -0.25) is 0 Å². The van der Waals surface area contributed by atoms with Crippen molar-refractivity contribution in [1.29, 1.82) is 0 Å². The van der Waals surface area contributed by atoms with Gasteiger partial charge in [0.25, 0.3) is 0 Å². The molecule has 1 saturated heterocycles. The Labute approximate surface area is 117 Å². The zero-order chi connectivity index (χ0) is 14.4. The zero-order valence-electron chi connectivity index (χ0n) is 11.2. The summed E-state index contributed by atoms with van der Waals surface area (Å²) in [7, 11) is 0. The van der Waals surface area contributed by atoms with Gasteiger partial charge in [0.1, 0.15) is 11.9 Å². The first-order valence-corrected chi connectivity index (χ1v) is 6.75. The Hall–Kier alpha value is -1.82. The number of hydrogen-bond acceptors (Lipinski definition) is 4. The highest BCUT2D eigenvalue weighted by molar-refractivity contribution is 5.67. The quantitative estimate of drug-likeness (QED) is 0.879. The summed E-state index contributed by atoms with van der Waals surface area (Å²) in [5.74, 6) is -0.243. The number of carbonyl (C=O) groups is 1. The Morgan fingerprint density at radius 2 is 2.00 bits per heavy atom. The van der Waals surface area contributed by atoms with Crippen LogP contribution in [0.5, 0.6) is 0 Å². The second-order valence-electron chi connectivity index (χ2n) is 4.72. The summed E-state index contributed by atoms with van der Waals surface area (Å²) in [6.45, 7) is 1.64. The molecule has 0 aromatic heterocycles. The van der Waals surface area contributed by atoms with E-state index in [1.807, 2.05) is 0 Å². The van der Waals surface area contributed by atoms with Crippen molar-refractivity contribution in [2.45, 2.75) is 18.9 Å². The lowest BCUT2D eigenvalue weighted by atomic mass is 10.1. The SMILES string of the molecule is O=C(NCCO)OC1CCN(c2ccc(F)cc2)CC1. The molecule has 0 bridgehead atoms. The third kappa shape index (κ3) is 4.09. The normalized spacial score (nSPS) is 16.0. The topological polar surface area (TPSA) is 61.8 Å². The first-order chi connectivity index (χ1) is 9.69. The maximum absolute atomic E-state index is 12.9. The van der Waals surface area contributed by atoms with Gasteiger partial charge < -0.3 is 20.1 Å². The number of aliphatic hydroxyl groups is 1. The summed E-state index contributed by atoms with van der Waals surface area (Å²) < 4.78 is 18.1. The minimum Gasteiger partial charge on any atom is -0.446 e. The molecule has 1 aliphatic heterocycles. The van der Waals surface area contributed by atoms with Crippen LogP contribution in [0.1, 0.15) is 12.8 Å². The molecule has 2 rings (SSSR count). The Morgan fingerprint density at radius 1 is 1.35 bits per heavy atom. The molecule has 0 spiro atoms. The van der Waals surface area contributed by atoms with Gasteiger partial charge >= 0.3 is 6.09 Å². The summed E-state index contributed by atoms with van der Waals surface area (Å²) in [4.78, 5) is 13.5. The molecule has 0 aliphatic carbocycles. The van der Waals surface area contributed by atoms with Crippen LogP contribution in [-0.4, -0.2) is 43.5 Å². The number of amides is 1. The van der Waals surface area contributed by atoms with Crippen molar-refractivity contribution in [2.75, 3.05) is 31.1 Å². The minimum atomic E-state index is -0.487. The van der Waals surface area contributed by atoms with Gasteiger partial charge in [0.05, 0.1) is 6.61 Å². The molecule has 5 nitrogen and oxygen atoms in total. The molecule has 0 unspecified atom stereocenters. The van der Waals surface area contributed by atoms with Crippen molar-refractivity contribution in [3.8, 4) is 0 Å². The highest BCUT2D eigenvalue weighted by Crippen LogP contribution is 2.21. The van der Waals surface area contributed by atoms with Crippen LogP contribution in [0.2, 0.25) is 0 Å². The van der Waals surface area contributed by atoms with Gasteiger partial charge in [-0.15, -0.1) is 0 Å². The standard InChI is InChI=1S/C14H19FN2O3/c15-11-1-3-12(4-2-11)17-8-5-13(6-9-17)20-14(19)16-7-10-18/h1-4,13,18H,5-10H2,(H,16,19). The predicted octanol–water partition coefficient (Wildman–Crippen LogP) is 1.51. The first-order valence-electron chi connectivity index (χ1n) is 6.75. The van der Waals surface area contributed by atoms with E-state index in [4.69, 9.17) is 9.84 Å². The number of halogens is 1. The van der Waals surface area contributed by atoms with E-state index in [-0.39, 0.29) is 25.1 Å². The van der Waals surface area contributed by atoms with Crippen LogP contribution in [0.4, 0.5) is 14.9 Å². The molecule has 1 aliphatic rings. The van der Waals surface area contributed by atoms with Gasteiger partial charge in [-0.2, -0.15) is 0 Å². The van der Waals surface area contributed by atoms with Crippen LogP contribution in [0.25, 0.3) is 0 Å². The highest BCUT2D eigenvalue weighted by Gasteiger charge is 2.22. The molecule has 20 heavy (non-hydrogen) atoms. The van der Waals surface area contributed by atoms with E-state index in [9.17, 15) is 9.18 Å². The number of carbonyl (C=O) groups excluding carboxylic acids is 1.